The van der Waals surface area contributed by atoms with Gasteiger partial charge in [-0.2, -0.15) is 0 Å². The Morgan fingerprint density at radius 3 is 2.77 bits per heavy atom. The summed E-state index contributed by atoms with van der Waals surface area (Å²) in [5.41, 5.74) is 8.08. The number of ether oxygens (including phenoxy) is 1. The largest absolute Gasteiger partial charge is 0.472 e. The Kier molecular flexibility index (Phi) is 10.8. The second kappa shape index (κ2) is 12.3. The van der Waals surface area contributed by atoms with Crippen LogP contribution in [0.15, 0.2) is 5.11 Å². The van der Waals surface area contributed by atoms with E-state index in [1.807, 2.05) is 7.85 Å². The fraction of sp³-hybridized carbons (Fsp3) is 0.923. The summed E-state index contributed by atoms with van der Waals surface area (Å²) in [6.07, 6.45) is 2.01. The second-order valence-electron chi connectivity index (χ2n) is 6.04. The summed E-state index contributed by atoms with van der Waals surface area (Å²) in [6.45, 7) is 0.138. The molecule has 0 aromatic heterocycles. The number of rotatable bonds is 13. The van der Waals surface area contributed by atoms with Gasteiger partial charge in [0.25, 0.3) is 0 Å². The van der Waals surface area contributed by atoms with Gasteiger partial charge >= 0.3 is 7.82 Å². The number of carbonyl (C=O) groups excluding carboxylic acids is 1. The van der Waals surface area contributed by atoms with Gasteiger partial charge in [-0.15, -0.1) is 0 Å². The molecule has 1 heterocycles. The second-order valence-corrected chi connectivity index (χ2v) is 7.49. The monoisotopic (exact) mass is 392 g/mol. The van der Waals surface area contributed by atoms with Crippen molar-refractivity contribution < 1.29 is 33.1 Å². The quantitative estimate of drug-likeness (QED) is 0.101. The Hall–Kier alpha value is -1.13. The van der Waals surface area contributed by atoms with E-state index in [1.165, 1.54) is 0 Å². The summed E-state index contributed by atoms with van der Waals surface area (Å²) in [5.74, 6) is -0.324. The number of nitrogens with one attached hydrogen (secondary N) is 1. The standard InChI is InChI=1S/C13H26BN4O7P/c14-12-7-10(19)11(25-12)9-24-26(21,22)23-6-4-2-1-3-5-16-13(20)8-17-18-15/h10-12,19H,1-9,14H2,(H,16,20)(H,21,22)/t10-,11-,12-/m1/s1. The summed E-state index contributed by atoms with van der Waals surface area (Å²) >= 11 is 0. The van der Waals surface area contributed by atoms with Crippen LogP contribution in [0.25, 0.3) is 10.4 Å². The molecular weight excluding hydrogens is 366 g/mol. The first-order valence-electron chi connectivity index (χ1n) is 8.57. The van der Waals surface area contributed by atoms with Crippen LogP contribution in [0.3, 0.4) is 0 Å². The number of nitrogens with zero attached hydrogens (tertiary/aromatic N) is 3. The number of aliphatic hydroxyl groups is 1. The van der Waals surface area contributed by atoms with E-state index >= 15 is 0 Å². The number of carbonyl (C=O) groups is 1. The molecule has 11 nitrogen and oxygen atoms in total. The number of phosphoric acid groups is 1. The minimum atomic E-state index is -4.16. The zero-order valence-electron chi connectivity index (χ0n) is 14.8. The lowest BCUT2D eigenvalue weighted by molar-refractivity contribution is -0.119. The molecule has 0 spiro atoms. The third-order valence-corrected chi connectivity index (χ3v) is 4.72. The average Bonchev–Trinajstić information content (AvgIpc) is 2.91. The molecule has 0 aromatic rings. The van der Waals surface area contributed by atoms with Crippen molar-refractivity contribution in [2.24, 2.45) is 5.11 Å². The topological polar surface area (TPSA) is 163 Å². The van der Waals surface area contributed by atoms with Crippen molar-refractivity contribution in [1.82, 2.24) is 5.32 Å². The van der Waals surface area contributed by atoms with E-state index < -0.39 is 20.0 Å². The highest BCUT2D eigenvalue weighted by Gasteiger charge is 2.33. The Morgan fingerprint density at radius 1 is 1.38 bits per heavy atom. The molecule has 13 heteroatoms. The minimum absolute atomic E-state index is 0.0709. The van der Waals surface area contributed by atoms with Crippen molar-refractivity contribution in [3.8, 4) is 0 Å². The molecule has 0 bridgehead atoms. The minimum Gasteiger partial charge on any atom is -0.390 e. The van der Waals surface area contributed by atoms with Gasteiger partial charge in [0, 0.05) is 17.5 Å². The van der Waals surface area contributed by atoms with E-state index in [1.54, 1.807) is 0 Å². The van der Waals surface area contributed by atoms with Gasteiger partial charge in [0.1, 0.15) is 20.5 Å². The maximum atomic E-state index is 11.7. The molecule has 1 fully saturated rings. The van der Waals surface area contributed by atoms with Crippen molar-refractivity contribution in [3.63, 3.8) is 0 Å². The van der Waals surface area contributed by atoms with Gasteiger partial charge in [-0.25, -0.2) is 4.57 Å². The van der Waals surface area contributed by atoms with Gasteiger partial charge in [-0.05, 0) is 24.8 Å². The van der Waals surface area contributed by atoms with Crippen LogP contribution in [-0.4, -0.2) is 68.3 Å². The number of azide groups is 1. The first-order valence-corrected chi connectivity index (χ1v) is 10.1. The summed E-state index contributed by atoms with van der Waals surface area (Å²) < 4.78 is 26.9. The van der Waals surface area contributed by atoms with E-state index in [0.29, 0.717) is 19.4 Å². The van der Waals surface area contributed by atoms with Crippen LogP contribution >= 0.6 is 7.82 Å². The molecule has 1 saturated heterocycles. The highest BCUT2D eigenvalue weighted by molar-refractivity contribution is 7.47. The molecule has 1 rings (SSSR count). The number of unbranched alkanes of at least 4 members (excludes halogenated alkanes) is 3. The highest BCUT2D eigenvalue weighted by atomic mass is 31.2. The van der Waals surface area contributed by atoms with E-state index in [0.717, 1.165) is 19.3 Å². The van der Waals surface area contributed by atoms with E-state index in [4.69, 9.17) is 19.3 Å². The van der Waals surface area contributed by atoms with Crippen molar-refractivity contribution in [2.75, 3.05) is 26.3 Å². The lowest BCUT2D eigenvalue weighted by Crippen LogP contribution is -2.26. The maximum absolute atomic E-state index is 11.7. The van der Waals surface area contributed by atoms with Crippen LogP contribution in [0.4, 0.5) is 0 Å². The van der Waals surface area contributed by atoms with Crippen LogP contribution in [-0.2, 0) is 23.1 Å². The lowest BCUT2D eigenvalue weighted by atomic mass is 9.96. The molecule has 1 aliphatic heterocycles. The SMILES string of the molecule is B[C@H]1C[C@@H](O)[C@@H](COP(=O)(O)OCCCCCCNC(=O)CN=[N+]=[N-])O1. The summed E-state index contributed by atoms with van der Waals surface area (Å²) in [7, 11) is -2.35. The molecule has 0 aromatic carbocycles. The van der Waals surface area contributed by atoms with Crippen molar-refractivity contribution >= 4 is 21.6 Å². The number of hydrogen-bond donors (Lipinski definition) is 3. The highest BCUT2D eigenvalue weighted by Crippen LogP contribution is 2.44. The molecule has 3 N–H and O–H groups in total. The summed E-state index contributed by atoms with van der Waals surface area (Å²) in [5, 5.41) is 15.4. The molecule has 26 heavy (non-hydrogen) atoms. The fourth-order valence-electron chi connectivity index (χ4n) is 2.43. The van der Waals surface area contributed by atoms with Crippen LogP contribution in [0.5, 0.6) is 0 Å². The maximum Gasteiger partial charge on any atom is 0.472 e. The molecule has 1 aliphatic rings. The number of aliphatic hydroxyl groups excluding tert-OH is 1. The Morgan fingerprint density at radius 2 is 2.12 bits per heavy atom. The first kappa shape index (κ1) is 22.9. The predicted octanol–water partition coefficient (Wildman–Crippen LogP) is 0.216. The zero-order chi connectivity index (χ0) is 19.4. The van der Waals surface area contributed by atoms with Crippen molar-refractivity contribution in [1.29, 1.82) is 0 Å². The Labute approximate surface area is 153 Å². The lowest BCUT2D eigenvalue weighted by Gasteiger charge is -2.17. The fourth-order valence-corrected chi connectivity index (χ4v) is 3.20. The molecule has 0 aliphatic carbocycles. The normalized spacial score (nSPS) is 24.6. The van der Waals surface area contributed by atoms with Crippen LogP contribution < -0.4 is 5.32 Å². The molecule has 0 saturated carbocycles. The predicted molar refractivity (Wildman–Crippen MR) is 95.0 cm³/mol. The van der Waals surface area contributed by atoms with Gasteiger partial charge in [0.2, 0.25) is 5.91 Å². The van der Waals surface area contributed by atoms with Gasteiger partial charge in [-0.3, -0.25) is 13.8 Å². The Balaban J connectivity index is 2.01. The van der Waals surface area contributed by atoms with E-state index in [-0.39, 0.29) is 31.7 Å². The van der Waals surface area contributed by atoms with E-state index in [2.05, 4.69) is 15.3 Å². The smallest absolute Gasteiger partial charge is 0.390 e. The van der Waals surface area contributed by atoms with Crippen molar-refractivity contribution in [3.05, 3.63) is 10.4 Å². The van der Waals surface area contributed by atoms with Gasteiger partial charge in [0.15, 0.2) is 0 Å². The van der Waals surface area contributed by atoms with Gasteiger partial charge < -0.3 is 20.1 Å². The molecular formula is C13H26BN4O7P. The number of hydrogen-bond acceptors (Lipinski definition) is 7. The molecule has 0 radical (unpaired) electrons. The number of phosphoric ester groups is 1. The third kappa shape index (κ3) is 10.1. The Bertz CT molecular complexity index is 535. The van der Waals surface area contributed by atoms with E-state index in [9.17, 15) is 19.4 Å². The summed E-state index contributed by atoms with van der Waals surface area (Å²) in [4.78, 5) is 23.2. The van der Waals surface area contributed by atoms with Crippen LogP contribution in [0.2, 0.25) is 0 Å². The molecule has 1 unspecified atom stereocenters. The average molecular weight is 392 g/mol. The van der Waals surface area contributed by atoms with Gasteiger partial charge in [0.05, 0.1) is 19.3 Å². The van der Waals surface area contributed by atoms with Crippen LogP contribution in [0, 0.1) is 0 Å². The zero-order valence-corrected chi connectivity index (χ0v) is 15.7. The first-order chi connectivity index (χ1) is 12.3. The molecule has 1 amide bonds. The summed E-state index contributed by atoms with van der Waals surface area (Å²) in [6, 6.07) is -0.110. The molecule has 4 atom stereocenters. The van der Waals surface area contributed by atoms with Gasteiger partial charge in [-0.1, -0.05) is 18.0 Å². The molecule has 148 valence electrons. The van der Waals surface area contributed by atoms with Crippen molar-refractivity contribution in [2.45, 2.75) is 50.3 Å². The van der Waals surface area contributed by atoms with Crippen LogP contribution in [0.1, 0.15) is 32.1 Å². The third-order valence-electron chi connectivity index (χ3n) is 3.74. The number of amides is 1.